The maximum absolute atomic E-state index is 12.6. The van der Waals surface area contributed by atoms with E-state index in [-0.39, 0.29) is 25.6 Å². The second-order valence-corrected chi connectivity index (χ2v) is 7.64. The molecule has 2 rings (SSSR count). The van der Waals surface area contributed by atoms with Crippen molar-refractivity contribution < 1.29 is 23.5 Å². The predicted octanol–water partition coefficient (Wildman–Crippen LogP) is 3.99. The molecular weight excluding hydrogens is 351 g/mol. The third kappa shape index (κ3) is 6.73. The molecule has 1 aromatic carbocycles. The molecule has 7 heteroatoms. The fourth-order valence-electron chi connectivity index (χ4n) is 2.95. The van der Waals surface area contributed by atoms with Crippen molar-refractivity contribution in [1.82, 2.24) is 9.80 Å². The number of ether oxygens (including phenoxy) is 2. The number of halogens is 1. The van der Waals surface area contributed by atoms with Gasteiger partial charge in [-0.25, -0.2) is 9.59 Å². The molecule has 27 heavy (non-hydrogen) atoms. The van der Waals surface area contributed by atoms with Crippen LogP contribution in [0.4, 0.5) is 14.0 Å². The van der Waals surface area contributed by atoms with E-state index in [1.54, 1.807) is 25.7 Å². The molecule has 0 radical (unpaired) electrons. The van der Waals surface area contributed by atoms with Crippen molar-refractivity contribution in [3.63, 3.8) is 0 Å². The lowest BCUT2D eigenvalue weighted by Crippen LogP contribution is -2.45. The van der Waals surface area contributed by atoms with Crippen molar-refractivity contribution >= 4 is 12.2 Å². The van der Waals surface area contributed by atoms with E-state index in [1.807, 2.05) is 30.3 Å². The summed E-state index contributed by atoms with van der Waals surface area (Å²) in [7, 11) is 0. The number of hydrogen-bond acceptors (Lipinski definition) is 4. The Hall–Kier alpha value is -2.31. The minimum atomic E-state index is -0.627. The van der Waals surface area contributed by atoms with Gasteiger partial charge in [0.1, 0.15) is 12.2 Å². The van der Waals surface area contributed by atoms with E-state index < -0.39 is 24.5 Å². The molecule has 0 aromatic heterocycles. The molecule has 1 heterocycles. The average Bonchev–Trinajstić information content (AvgIpc) is 3.09. The summed E-state index contributed by atoms with van der Waals surface area (Å²) in [5.74, 6) is 0. The van der Waals surface area contributed by atoms with Crippen LogP contribution >= 0.6 is 0 Å². The van der Waals surface area contributed by atoms with E-state index in [0.29, 0.717) is 19.5 Å². The Morgan fingerprint density at radius 1 is 1.26 bits per heavy atom. The number of carbonyl (C=O) groups is 2. The topological polar surface area (TPSA) is 59.1 Å². The highest BCUT2D eigenvalue weighted by atomic mass is 19.1. The van der Waals surface area contributed by atoms with E-state index in [2.05, 4.69) is 0 Å². The number of rotatable bonds is 6. The highest BCUT2D eigenvalue weighted by Gasteiger charge is 2.35. The summed E-state index contributed by atoms with van der Waals surface area (Å²) in [6.07, 6.45) is -0.0170. The third-order valence-corrected chi connectivity index (χ3v) is 4.23. The van der Waals surface area contributed by atoms with Gasteiger partial charge in [0.05, 0.1) is 12.7 Å². The summed E-state index contributed by atoms with van der Waals surface area (Å²) < 4.78 is 23.4. The summed E-state index contributed by atoms with van der Waals surface area (Å²) in [6, 6.07) is 9.26. The molecule has 0 bridgehead atoms. The van der Waals surface area contributed by atoms with Gasteiger partial charge < -0.3 is 19.3 Å². The zero-order chi connectivity index (χ0) is 19.9. The zero-order valence-electron chi connectivity index (χ0n) is 16.3. The number of benzene rings is 1. The van der Waals surface area contributed by atoms with Crippen molar-refractivity contribution in [3.8, 4) is 0 Å². The molecule has 0 aliphatic carbocycles. The van der Waals surface area contributed by atoms with Crippen molar-refractivity contribution in [2.24, 2.45) is 0 Å². The normalized spacial score (nSPS) is 16.9. The second-order valence-electron chi connectivity index (χ2n) is 7.64. The number of carbonyl (C=O) groups excluding carboxylic acids is 2. The molecule has 2 amide bonds. The quantitative estimate of drug-likeness (QED) is 0.749. The van der Waals surface area contributed by atoms with E-state index in [9.17, 15) is 14.0 Å². The lowest BCUT2D eigenvalue weighted by Gasteiger charge is -2.31. The predicted molar refractivity (Wildman–Crippen MR) is 100 cm³/mol. The maximum atomic E-state index is 12.6. The Morgan fingerprint density at radius 2 is 1.96 bits per heavy atom. The molecule has 150 valence electrons. The van der Waals surface area contributed by atoms with Crippen LogP contribution in [0.15, 0.2) is 30.3 Å². The number of likely N-dealkylation sites (tertiary alicyclic amines) is 1. The highest BCUT2D eigenvalue weighted by molar-refractivity contribution is 5.70. The average molecular weight is 380 g/mol. The first-order chi connectivity index (χ1) is 12.8. The van der Waals surface area contributed by atoms with Gasteiger partial charge in [-0.05, 0) is 39.2 Å². The minimum Gasteiger partial charge on any atom is -0.445 e. The van der Waals surface area contributed by atoms with Crippen molar-refractivity contribution in [1.29, 1.82) is 0 Å². The smallest absolute Gasteiger partial charge is 0.410 e. The van der Waals surface area contributed by atoms with Crippen molar-refractivity contribution in [2.75, 3.05) is 26.3 Å². The van der Waals surface area contributed by atoms with Crippen LogP contribution in [-0.2, 0) is 16.1 Å². The van der Waals surface area contributed by atoms with Crippen LogP contribution < -0.4 is 0 Å². The molecule has 0 saturated carbocycles. The second kappa shape index (κ2) is 9.58. The first-order valence-electron chi connectivity index (χ1n) is 9.31. The summed E-state index contributed by atoms with van der Waals surface area (Å²) in [6.45, 7) is 6.20. The molecule has 1 unspecified atom stereocenters. The third-order valence-electron chi connectivity index (χ3n) is 4.23. The van der Waals surface area contributed by atoms with E-state index in [0.717, 1.165) is 5.56 Å². The summed E-state index contributed by atoms with van der Waals surface area (Å²) in [5, 5.41) is 0. The lowest BCUT2D eigenvalue weighted by molar-refractivity contribution is 0.0159. The number of nitrogens with zero attached hydrogens (tertiary/aromatic N) is 2. The van der Waals surface area contributed by atoms with Crippen LogP contribution in [0.5, 0.6) is 0 Å². The Labute approximate surface area is 160 Å². The molecule has 1 saturated heterocycles. The fraction of sp³-hybridized carbons (Fsp3) is 0.600. The van der Waals surface area contributed by atoms with Gasteiger partial charge in [0, 0.05) is 19.6 Å². The summed E-state index contributed by atoms with van der Waals surface area (Å²) >= 11 is 0. The Balaban J connectivity index is 1.91. The zero-order valence-corrected chi connectivity index (χ0v) is 16.3. The van der Waals surface area contributed by atoms with Crippen LogP contribution in [0.1, 0.15) is 39.2 Å². The van der Waals surface area contributed by atoms with Crippen LogP contribution in [0.25, 0.3) is 0 Å². The Bertz CT molecular complexity index is 618. The molecule has 1 aromatic rings. The highest BCUT2D eigenvalue weighted by Crippen LogP contribution is 2.20. The first kappa shape index (κ1) is 21.0. The van der Waals surface area contributed by atoms with Gasteiger partial charge in [-0.3, -0.25) is 4.39 Å². The van der Waals surface area contributed by atoms with Gasteiger partial charge >= 0.3 is 12.2 Å². The largest absolute Gasteiger partial charge is 0.445 e. The molecule has 6 nitrogen and oxygen atoms in total. The maximum Gasteiger partial charge on any atom is 0.410 e. The van der Waals surface area contributed by atoms with Crippen molar-refractivity contribution in [2.45, 2.75) is 51.9 Å². The molecular formula is C20H29FN2O4. The van der Waals surface area contributed by atoms with Gasteiger partial charge in [0.15, 0.2) is 0 Å². The molecule has 1 atom stereocenters. The Morgan fingerprint density at radius 3 is 2.59 bits per heavy atom. The molecule has 1 fully saturated rings. The minimum absolute atomic E-state index is 0.198. The van der Waals surface area contributed by atoms with Gasteiger partial charge in [0.25, 0.3) is 0 Å². The van der Waals surface area contributed by atoms with Crippen LogP contribution in [-0.4, -0.2) is 59.9 Å². The molecule has 1 aliphatic rings. The van der Waals surface area contributed by atoms with E-state index in [4.69, 9.17) is 9.47 Å². The van der Waals surface area contributed by atoms with E-state index >= 15 is 0 Å². The summed E-state index contributed by atoms with van der Waals surface area (Å²) in [4.78, 5) is 27.9. The molecule has 0 N–H and O–H groups in total. The van der Waals surface area contributed by atoms with Crippen LogP contribution in [0, 0.1) is 0 Å². The number of hydrogen-bond donors (Lipinski definition) is 0. The SMILES string of the molecule is CC(C)(C)OC(=O)N(CCCF)C1CCN(C(=O)OCc2ccccc2)C1. The van der Waals surface area contributed by atoms with Gasteiger partial charge in [-0.15, -0.1) is 0 Å². The van der Waals surface area contributed by atoms with E-state index in [1.165, 1.54) is 4.90 Å². The van der Waals surface area contributed by atoms with Gasteiger partial charge in [0.2, 0.25) is 0 Å². The van der Waals surface area contributed by atoms with Crippen LogP contribution in [0.3, 0.4) is 0 Å². The fourth-order valence-corrected chi connectivity index (χ4v) is 2.95. The Kier molecular flexibility index (Phi) is 7.45. The van der Waals surface area contributed by atoms with Crippen molar-refractivity contribution in [3.05, 3.63) is 35.9 Å². The molecule has 0 spiro atoms. The summed E-state index contributed by atoms with van der Waals surface area (Å²) in [5.41, 5.74) is 0.290. The number of alkyl halides is 1. The first-order valence-corrected chi connectivity index (χ1v) is 9.31. The lowest BCUT2D eigenvalue weighted by atomic mass is 10.2. The monoisotopic (exact) mass is 380 g/mol. The van der Waals surface area contributed by atoms with Crippen LogP contribution in [0.2, 0.25) is 0 Å². The standard InChI is InChI=1S/C20H29FN2O4/c1-20(2,3)27-19(25)23(12-7-11-21)17-10-13-22(14-17)18(24)26-15-16-8-5-4-6-9-16/h4-6,8-9,17H,7,10-15H2,1-3H3. The van der Waals surface area contributed by atoms with Gasteiger partial charge in [-0.2, -0.15) is 0 Å². The van der Waals surface area contributed by atoms with Gasteiger partial charge in [-0.1, -0.05) is 30.3 Å². The number of amides is 2. The molecule has 1 aliphatic heterocycles.